The van der Waals surface area contributed by atoms with E-state index in [9.17, 15) is 14.4 Å². The van der Waals surface area contributed by atoms with Crippen LogP contribution in [-0.2, 0) is 11.8 Å². The topological polar surface area (TPSA) is 99.3 Å². The number of esters is 1. The Balaban J connectivity index is 2.36. The highest BCUT2D eigenvalue weighted by atomic mass is 16.5. The molecule has 1 aliphatic carbocycles. The largest absolute Gasteiger partial charge is 0.482 e. The van der Waals surface area contributed by atoms with Crippen LogP contribution >= 0.6 is 0 Å². The molecular formula is C18H23N3O5. The number of rotatable bonds is 3. The van der Waals surface area contributed by atoms with Crippen molar-refractivity contribution in [2.24, 2.45) is 28.6 Å². The fraction of sp³-hybridized carbons (Fsp3) is 0.611. The van der Waals surface area contributed by atoms with E-state index in [0.29, 0.717) is 0 Å². The molecule has 2 aliphatic rings. The number of carbonyl (C=O) groups is 3. The van der Waals surface area contributed by atoms with Crippen LogP contribution in [0.2, 0.25) is 0 Å². The molecule has 8 heteroatoms. The summed E-state index contributed by atoms with van der Waals surface area (Å²) in [5, 5.41) is 8.29. The van der Waals surface area contributed by atoms with Gasteiger partial charge in [0, 0.05) is 7.05 Å². The first kappa shape index (κ1) is 18.3. The van der Waals surface area contributed by atoms with E-state index >= 15 is 0 Å². The van der Waals surface area contributed by atoms with Gasteiger partial charge in [-0.05, 0) is 12.3 Å². The number of hydrogen-bond donors (Lipinski definition) is 0. The van der Waals surface area contributed by atoms with E-state index in [1.807, 2.05) is 20.8 Å². The first-order valence-electron chi connectivity index (χ1n) is 8.54. The zero-order valence-corrected chi connectivity index (χ0v) is 15.9. The fourth-order valence-electron chi connectivity index (χ4n) is 4.08. The quantitative estimate of drug-likeness (QED) is 0.770. The maximum absolute atomic E-state index is 13.6. The van der Waals surface area contributed by atoms with Gasteiger partial charge in [-0.3, -0.25) is 9.59 Å². The van der Waals surface area contributed by atoms with Gasteiger partial charge in [0.25, 0.3) is 0 Å². The molecule has 140 valence electrons. The van der Waals surface area contributed by atoms with Crippen molar-refractivity contribution in [3.8, 4) is 5.88 Å². The third-order valence-electron chi connectivity index (χ3n) is 5.28. The van der Waals surface area contributed by atoms with Crippen LogP contribution in [0.5, 0.6) is 5.88 Å². The molecule has 1 aliphatic heterocycles. The number of carbonyl (C=O) groups excluding carboxylic acids is 3. The van der Waals surface area contributed by atoms with Crippen LogP contribution in [0.3, 0.4) is 0 Å². The molecule has 0 aromatic carbocycles. The molecule has 0 radical (unpaired) electrons. The Bertz CT molecular complexity index is 846. The van der Waals surface area contributed by atoms with Gasteiger partial charge in [-0.1, -0.05) is 20.8 Å². The minimum absolute atomic E-state index is 0.0191. The molecule has 8 nitrogen and oxygen atoms in total. The highest BCUT2D eigenvalue weighted by Crippen LogP contribution is 2.52. The summed E-state index contributed by atoms with van der Waals surface area (Å²) in [6.07, 6.45) is 0. The predicted octanol–water partition coefficient (Wildman–Crippen LogP) is 2.46. The Morgan fingerprint density at radius 1 is 1.35 bits per heavy atom. The lowest BCUT2D eigenvalue weighted by Crippen LogP contribution is -2.58. The number of nitrogens with zero attached hydrogens (tertiary/aromatic N) is 3. The van der Waals surface area contributed by atoms with E-state index in [4.69, 9.17) is 9.47 Å². The van der Waals surface area contributed by atoms with Crippen LogP contribution in [0.1, 0.15) is 58.9 Å². The SMILES string of the molecule is CCOC(=O)c1c2c(n(C)c1OC)C(=O)C1CN=NC1(C(C)(C)C)C2=O. The molecule has 26 heavy (non-hydrogen) atoms. The lowest BCUT2D eigenvalue weighted by molar-refractivity contribution is 0.0499. The minimum atomic E-state index is -1.33. The van der Waals surface area contributed by atoms with Crippen LogP contribution in [0.4, 0.5) is 0 Å². The molecule has 0 amide bonds. The molecule has 2 heterocycles. The molecule has 0 saturated carbocycles. The number of aromatic nitrogens is 1. The van der Waals surface area contributed by atoms with Gasteiger partial charge in [-0.2, -0.15) is 10.2 Å². The second-order valence-electron chi connectivity index (χ2n) is 7.57. The van der Waals surface area contributed by atoms with Gasteiger partial charge >= 0.3 is 5.97 Å². The molecule has 0 bridgehead atoms. The van der Waals surface area contributed by atoms with Crippen molar-refractivity contribution < 1.29 is 23.9 Å². The molecule has 0 N–H and O–H groups in total. The summed E-state index contributed by atoms with van der Waals surface area (Å²) in [7, 11) is 2.98. The maximum atomic E-state index is 13.6. The van der Waals surface area contributed by atoms with E-state index < -0.39 is 22.8 Å². The number of hydrogen-bond acceptors (Lipinski definition) is 7. The number of ketones is 2. The number of Topliss-reactive ketones (excluding diaryl/α,β-unsaturated/α-hetero) is 2. The monoisotopic (exact) mass is 361 g/mol. The second kappa shape index (κ2) is 5.75. The van der Waals surface area contributed by atoms with Gasteiger partial charge in [0.2, 0.25) is 5.88 Å². The number of fused-ring (bicyclic) bond motifs is 2. The number of ether oxygens (including phenoxy) is 2. The summed E-state index contributed by atoms with van der Waals surface area (Å²) in [5.74, 6) is -1.88. The summed E-state index contributed by atoms with van der Waals surface area (Å²) in [5.41, 5.74) is -1.82. The van der Waals surface area contributed by atoms with Crippen molar-refractivity contribution in [1.29, 1.82) is 0 Å². The Kier molecular flexibility index (Phi) is 4.05. The lowest BCUT2D eigenvalue weighted by Gasteiger charge is -2.42. The molecular weight excluding hydrogens is 338 g/mol. The van der Waals surface area contributed by atoms with E-state index in [-0.39, 0.29) is 47.4 Å². The van der Waals surface area contributed by atoms with Gasteiger partial charge in [0.15, 0.2) is 17.1 Å². The van der Waals surface area contributed by atoms with Crippen LogP contribution in [0.25, 0.3) is 0 Å². The third-order valence-corrected chi connectivity index (χ3v) is 5.28. The van der Waals surface area contributed by atoms with Crippen molar-refractivity contribution in [2.75, 3.05) is 20.3 Å². The van der Waals surface area contributed by atoms with E-state index in [1.54, 1.807) is 14.0 Å². The zero-order valence-electron chi connectivity index (χ0n) is 15.9. The summed E-state index contributed by atoms with van der Waals surface area (Å²) >= 11 is 0. The molecule has 1 aromatic heterocycles. The number of azo groups is 1. The van der Waals surface area contributed by atoms with Gasteiger partial charge < -0.3 is 14.0 Å². The van der Waals surface area contributed by atoms with Gasteiger partial charge in [-0.25, -0.2) is 4.79 Å². The highest BCUT2D eigenvalue weighted by molar-refractivity contribution is 6.24. The average Bonchev–Trinajstić information content (AvgIpc) is 3.13. The summed E-state index contributed by atoms with van der Waals surface area (Å²) in [4.78, 5) is 39.5. The van der Waals surface area contributed by atoms with Crippen molar-refractivity contribution in [1.82, 2.24) is 4.57 Å². The van der Waals surface area contributed by atoms with E-state index in [0.717, 1.165) is 0 Å². The highest BCUT2D eigenvalue weighted by Gasteiger charge is 2.64. The molecule has 0 spiro atoms. The molecule has 3 rings (SSSR count). The lowest BCUT2D eigenvalue weighted by atomic mass is 9.59. The molecule has 1 aromatic rings. The van der Waals surface area contributed by atoms with E-state index in [2.05, 4.69) is 10.2 Å². The van der Waals surface area contributed by atoms with Crippen molar-refractivity contribution >= 4 is 17.5 Å². The Morgan fingerprint density at radius 2 is 2.00 bits per heavy atom. The zero-order chi connectivity index (χ0) is 19.4. The van der Waals surface area contributed by atoms with Gasteiger partial charge in [0.05, 0.1) is 37.4 Å². The Labute approximate surface area is 151 Å². The Morgan fingerprint density at radius 3 is 2.54 bits per heavy atom. The van der Waals surface area contributed by atoms with Crippen molar-refractivity contribution in [3.05, 3.63) is 16.8 Å². The first-order chi connectivity index (χ1) is 12.1. The smallest absolute Gasteiger partial charge is 0.344 e. The standard InChI is InChI=1S/C18H23N3O5/c1-7-26-16(24)11-10-12(21(5)15(11)25-6)13(22)9-8-19-20-18(9,14(10)23)17(2,3)4/h9H,7-8H2,1-6H3. The third kappa shape index (κ3) is 2.04. The number of methoxy groups -OCH3 is 1. The van der Waals surface area contributed by atoms with Crippen LogP contribution in [0.15, 0.2) is 10.2 Å². The Hall–Kier alpha value is -2.51. The van der Waals surface area contributed by atoms with Gasteiger partial charge in [0.1, 0.15) is 5.56 Å². The van der Waals surface area contributed by atoms with Crippen molar-refractivity contribution in [3.63, 3.8) is 0 Å². The predicted molar refractivity (Wildman–Crippen MR) is 92.0 cm³/mol. The van der Waals surface area contributed by atoms with Gasteiger partial charge in [-0.15, -0.1) is 0 Å². The maximum Gasteiger partial charge on any atom is 0.344 e. The average molecular weight is 361 g/mol. The van der Waals surface area contributed by atoms with Crippen LogP contribution in [-0.4, -0.2) is 47.9 Å². The summed E-state index contributed by atoms with van der Waals surface area (Å²) < 4.78 is 11.9. The molecule has 2 unspecified atom stereocenters. The summed E-state index contributed by atoms with van der Waals surface area (Å²) in [6, 6.07) is 0. The molecule has 0 saturated heterocycles. The van der Waals surface area contributed by atoms with Crippen molar-refractivity contribution in [2.45, 2.75) is 33.2 Å². The van der Waals surface area contributed by atoms with E-state index in [1.165, 1.54) is 11.7 Å². The fourth-order valence-corrected chi connectivity index (χ4v) is 4.08. The summed E-state index contributed by atoms with van der Waals surface area (Å²) in [6.45, 7) is 7.52. The second-order valence-corrected chi connectivity index (χ2v) is 7.57. The van der Waals surface area contributed by atoms with Crippen LogP contribution < -0.4 is 4.74 Å². The normalized spacial score (nSPS) is 24.5. The minimum Gasteiger partial charge on any atom is -0.482 e. The molecule has 0 fully saturated rings. The molecule has 2 atom stereocenters. The first-order valence-corrected chi connectivity index (χ1v) is 8.54. The van der Waals surface area contributed by atoms with Crippen LogP contribution in [0, 0.1) is 11.3 Å².